The van der Waals surface area contributed by atoms with Gasteiger partial charge in [-0.2, -0.15) is 0 Å². The van der Waals surface area contributed by atoms with E-state index in [-0.39, 0.29) is 5.60 Å². The molecule has 0 aliphatic rings. The molecule has 1 aromatic rings. The van der Waals surface area contributed by atoms with E-state index in [2.05, 4.69) is 10.4 Å². The van der Waals surface area contributed by atoms with E-state index < -0.39 is 0 Å². The zero-order valence-corrected chi connectivity index (χ0v) is 8.87. The van der Waals surface area contributed by atoms with Gasteiger partial charge in [-0.15, -0.1) is 0 Å². The van der Waals surface area contributed by atoms with E-state index in [1.807, 2.05) is 32.9 Å². The Balaban J connectivity index is 2.59. The number of hydrogen-bond donors (Lipinski definition) is 2. The fraction of sp³-hybridized carbons (Fsp3) is 0.500. The molecule has 1 heterocycles. The average Bonchev–Trinajstić information content (AvgIpc) is 2.14. The SMILES string of the molecule is CC(C)(C)OCc1cccc(NN)n1. The van der Waals surface area contributed by atoms with Crippen molar-refractivity contribution >= 4 is 5.82 Å². The molecule has 78 valence electrons. The van der Waals surface area contributed by atoms with Gasteiger partial charge in [-0.25, -0.2) is 10.8 Å². The lowest BCUT2D eigenvalue weighted by molar-refractivity contribution is -0.0164. The molecule has 0 radical (unpaired) electrons. The number of nitrogens with two attached hydrogens (primary N) is 1. The third-order valence-corrected chi connectivity index (χ3v) is 1.61. The largest absolute Gasteiger partial charge is 0.370 e. The first kappa shape index (κ1) is 10.9. The molecule has 14 heavy (non-hydrogen) atoms. The van der Waals surface area contributed by atoms with Gasteiger partial charge in [-0.3, -0.25) is 0 Å². The van der Waals surface area contributed by atoms with Gasteiger partial charge in [0.05, 0.1) is 17.9 Å². The lowest BCUT2D eigenvalue weighted by Crippen LogP contribution is -2.19. The van der Waals surface area contributed by atoms with E-state index >= 15 is 0 Å². The van der Waals surface area contributed by atoms with Crippen molar-refractivity contribution in [1.29, 1.82) is 0 Å². The van der Waals surface area contributed by atoms with E-state index in [4.69, 9.17) is 10.6 Å². The van der Waals surface area contributed by atoms with E-state index in [0.717, 1.165) is 5.69 Å². The molecular weight excluding hydrogens is 178 g/mol. The number of rotatable bonds is 3. The number of nitrogen functional groups attached to an aromatic ring is 1. The second-order valence-electron chi connectivity index (χ2n) is 4.06. The first-order valence-corrected chi connectivity index (χ1v) is 4.58. The molecule has 0 fully saturated rings. The monoisotopic (exact) mass is 195 g/mol. The van der Waals surface area contributed by atoms with E-state index in [0.29, 0.717) is 12.4 Å². The smallest absolute Gasteiger partial charge is 0.140 e. The van der Waals surface area contributed by atoms with Crippen LogP contribution in [0.2, 0.25) is 0 Å². The summed E-state index contributed by atoms with van der Waals surface area (Å²) in [5, 5.41) is 0. The average molecular weight is 195 g/mol. The summed E-state index contributed by atoms with van der Waals surface area (Å²) in [7, 11) is 0. The first-order valence-electron chi connectivity index (χ1n) is 4.58. The molecule has 0 bridgehead atoms. The zero-order chi connectivity index (χ0) is 10.6. The Kier molecular flexibility index (Phi) is 3.43. The summed E-state index contributed by atoms with van der Waals surface area (Å²) in [6, 6.07) is 5.61. The van der Waals surface area contributed by atoms with E-state index in [1.165, 1.54) is 0 Å². The Bertz CT molecular complexity index is 294. The van der Waals surface area contributed by atoms with Crippen molar-refractivity contribution in [2.75, 3.05) is 5.43 Å². The minimum atomic E-state index is -0.145. The van der Waals surface area contributed by atoms with Crippen molar-refractivity contribution in [2.45, 2.75) is 33.0 Å². The lowest BCUT2D eigenvalue weighted by Gasteiger charge is -2.19. The second kappa shape index (κ2) is 4.39. The number of pyridine rings is 1. The summed E-state index contributed by atoms with van der Waals surface area (Å²) >= 11 is 0. The highest BCUT2D eigenvalue weighted by Gasteiger charge is 2.10. The predicted molar refractivity (Wildman–Crippen MR) is 56.6 cm³/mol. The van der Waals surface area contributed by atoms with Crippen molar-refractivity contribution in [3.05, 3.63) is 23.9 Å². The molecule has 3 N–H and O–H groups in total. The van der Waals surface area contributed by atoms with E-state index in [9.17, 15) is 0 Å². The predicted octanol–water partition coefficient (Wildman–Crippen LogP) is 1.68. The van der Waals surface area contributed by atoms with Crippen LogP contribution in [0.1, 0.15) is 26.5 Å². The molecule has 4 heteroatoms. The normalized spacial score (nSPS) is 11.4. The quantitative estimate of drug-likeness (QED) is 0.569. The molecule has 0 aromatic carbocycles. The summed E-state index contributed by atoms with van der Waals surface area (Å²) in [5.41, 5.74) is 3.22. The topological polar surface area (TPSA) is 60.2 Å². The Hall–Kier alpha value is -1.13. The number of hydrazine groups is 1. The Morgan fingerprint density at radius 3 is 2.71 bits per heavy atom. The van der Waals surface area contributed by atoms with Gasteiger partial charge in [-0.1, -0.05) is 6.07 Å². The molecule has 0 amide bonds. The summed E-state index contributed by atoms with van der Waals surface area (Å²) in [6.45, 7) is 6.53. The van der Waals surface area contributed by atoms with E-state index in [1.54, 1.807) is 6.07 Å². The highest BCUT2D eigenvalue weighted by Crippen LogP contribution is 2.11. The maximum atomic E-state index is 5.58. The van der Waals surface area contributed by atoms with Crippen molar-refractivity contribution in [2.24, 2.45) is 5.84 Å². The van der Waals surface area contributed by atoms with Gasteiger partial charge in [0.2, 0.25) is 0 Å². The van der Waals surface area contributed by atoms with Gasteiger partial charge in [-0.05, 0) is 32.9 Å². The maximum absolute atomic E-state index is 5.58. The number of ether oxygens (including phenoxy) is 1. The molecule has 0 saturated heterocycles. The van der Waals surface area contributed by atoms with Gasteiger partial charge >= 0.3 is 0 Å². The fourth-order valence-corrected chi connectivity index (χ4v) is 0.931. The number of nitrogens with one attached hydrogen (secondary N) is 1. The number of aromatic nitrogens is 1. The van der Waals surface area contributed by atoms with Crippen LogP contribution in [-0.4, -0.2) is 10.6 Å². The van der Waals surface area contributed by atoms with Gasteiger partial charge in [0.25, 0.3) is 0 Å². The fourth-order valence-electron chi connectivity index (χ4n) is 0.931. The molecule has 0 unspecified atom stereocenters. The summed E-state index contributed by atoms with van der Waals surface area (Å²) in [5.74, 6) is 5.90. The van der Waals surface area contributed by atoms with Crippen LogP contribution in [0.15, 0.2) is 18.2 Å². The van der Waals surface area contributed by atoms with Gasteiger partial charge in [0.15, 0.2) is 0 Å². The lowest BCUT2D eigenvalue weighted by atomic mass is 10.2. The minimum absolute atomic E-state index is 0.145. The maximum Gasteiger partial charge on any atom is 0.140 e. The third kappa shape index (κ3) is 3.72. The molecule has 1 aromatic heterocycles. The molecule has 0 aliphatic carbocycles. The molecule has 4 nitrogen and oxygen atoms in total. The highest BCUT2D eigenvalue weighted by atomic mass is 16.5. The van der Waals surface area contributed by atoms with Crippen LogP contribution < -0.4 is 11.3 Å². The summed E-state index contributed by atoms with van der Waals surface area (Å²) in [6.07, 6.45) is 0. The van der Waals surface area contributed by atoms with Gasteiger partial charge in [0, 0.05) is 0 Å². The van der Waals surface area contributed by atoms with Crippen LogP contribution in [0.4, 0.5) is 5.82 Å². The van der Waals surface area contributed by atoms with Crippen LogP contribution in [0, 0.1) is 0 Å². The Morgan fingerprint density at radius 1 is 1.43 bits per heavy atom. The van der Waals surface area contributed by atoms with Crippen LogP contribution in [-0.2, 0) is 11.3 Å². The molecule has 0 spiro atoms. The van der Waals surface area contributed by atoms with Crippen molar-refractivity contribution in [1.82, 2.24) is 4.98 Å². The first-order chi connectivity index (χ1) is 6.51. The number of hydrogen-bond acceptors (Lipinski definition) is 4. The molecule has 0 aliphatic heterocycles. The second-order valence-corrected chi connectivity index (χ2v) is 4.06. The molecule has 0 saturated carbocycles. The van der Waals surface area contributed by atoms with Crippen LogP contribution in [0.3, 0.4) is 0 Å². The molecule has 0 atom stereocenters. The standard InChI is InChI=1S/C10H17N3O/c1-10(2,3)14-7-8-5-4-6-9(12-8)13-11/h4-6H,7,11H2,1-3H3,(H,12,13). The number of nitrogens with zero attached hydrogens (tertiary/aromatic N) is 1. The van der Waals surface area contributed by atoms with Gasteiger partial charge < -0.3 is 10.2 Å². The zero-order valence-electron chi connectivity index (χ0n) is 8.87. The molecular formula is C10H17N3O. The third-order valence-electron chi connectivity index (χ3n) is 1.61. The van der Waals surface area contributed by atoms with Crippen molar-refractivity contribution in [3.63, 3.8) is 0 Å². The number of anilines is 1. The summed E-state index contributed by atoms with van der Waals surface area (Å²) < 4.78 is 5.58. The van der Waals surface area contributed by atoms with Crippen LogP contribution >= 0.6 is 0 Å². The van der Waals surface area contributed by atoms with Gasteiger partial charge in [0.1, 0.15) is 5.82 Å². The Morgan fingerprint density at radius 2 is 2.14 bits per heavy atom. The van der Waals surface area contributed by atoms with Crippen LogP contribution in [0.25, 0.3) is 0 Å². The van der Waals surface area contributed by atoms with Crippen molar-refractivity contribution < 1.29 is 4.74 Å². The molecule has 1 rings (SSSR count). The minimum Gasteiger partial charge on any atom is -0.370 e. The van der Waals surface area contributed by atoms with Crippen LogP contribution in [0.5, 0.6) is 0 Å². The van der Waals surface area contributed by atoms with Crippen molar-refractivity contribution in [3.8, 4) is 0 Å². The highest BCUT2D eigenvalue weighted by molar-refractivity contribution is 5.33. The Labute approximate surface area is 84.4 Å². The summed E-state index contributed by atoms with van der Waals surface area (Å²) in [4.78, 5) is 4.23.